The highest BCUT2D eigenvalue weighted by atomic mass is 16.2. The standard InChI is InChI=1S/C7H11N5O/c8-5-1-6(12-11-5)10-7(13)4-2-9-3-4/h1,4,9H,2-3H2,(H4,8,10,11,12,13). The maximum absolute atomic E-state index is 11.4. The van der Waals surface area contributed by atoms with Gasteiger partial charge in [-0.25, -0.2) is 0 Å². The second-order valence-corrected chi connectivity index (χ2v) is 3.05. The van der Waals surface area contributed by atoms with Crippen molar-refractivity contribution in [3.05, 3.63) is 6.07 Å². The molecule has 0 unspecified atom stereocenters. The molecule has 1 aromatic rings. The van der Waals surface area contributed by atoms with E-state index in [2.05, 4.69) is 20.8 Å². The predicted octanol–water partition coefficient (Wildman–Crippen LogP) is -0.850. The number of nitrogens with one attached hydrogen (secondary N) is 3. The van der Waals surface area contributed by atoms with Gasteiger partial charge in [-0.2, -0.15) is 5.10 Å². The molecule has 0 bridgehead atoms. The Morgan fingerprint density at radius 3 is 2.92 bits per heavy atom. The average molecular weight is 181 g/mol. The summed E-state index contributed by atoms with van der Waals surface area (Å²) in [5.74, 6) is 1.00. The Hall–Kier alpha value is -1.56. The fourth-order valence-electron chi connectivity index (χ4n) is 1.11. The molecule has 0 spiro atoms. The molecule has 1 amide bonds. The number of hydrogen-bond donors (Lipinski definition) is 4. The lowest BCUT2D eigenvalue weighted by molar-refractivity contribution is -0.121. The minimum Gasteiger partial charge on any atom is -0.382 e. The monoisotopic (exact) mass is 181 g/mol. The molecule has 1 aliphatic heterocycles. The number of hydrogen-bond acceptors (Lipinski definition) is 4. The van der Waals surface area contributed by atoms with E-state index in [9.17, 15) is 4.79 Å². The topological polar surface area (TPSA) is 95.8 Å². The van der Waals surface area contributed by atoms with Crippen molar-refractivity contribution in [2.24, 2.45) is 5.92 Å². The molecule has 1 aromatic heterocycles. The number of carbonyl (C=O) groups excluding carboxylic acids is 1. The second kappa shape index (κ2) is 3.06. The first-order valence-electron chi connectivity index (χ1n) is 4.08. The molecule has 0 atom stereocenters. The molecule has 70 valence electrons. The van der Waals surface area contributed by atoms with E-state index >= 15 is 0 Å². The number of aromatic amines is 1. The number of nitrogen functional groups attached to an aromatic ring is 1. The number of nitrogens with two attached hydrogens (primary N) is 1. The normalized spacial score (nSPS) is 16.6. The van der Waals surface area contributed by atoms with E-state index in [1.54, 1.807) is 6.07 Å². The van der Waals surface area contributed by atoms with Crippen LogP contribution in [0.5, 0.6) is 0 Å². The summed E-state index contributed by atoms with van der Waals surface area (Å²) in [6.07, 6.45) is 0. The molecule has 13 heavy (non-hydrogen) atoms. The van der Waals surface area contributed by atoms with E-state index in [4.69, 9.17) is 5.73 Å². The number of aromatic nitrogens is 2. The van der Waals surface area contributed by atoms with Crippen molar-refractivity contribution in [3.8, 4) is 0 Å². The third-order valence-electron chi connectivity index (χ3n) is 2.01. The summed E-state index contributed by atoms with van der Waals surface area (Å²) in [4.78, 5) is 11.4. The van der Waals surface area contributed by atoms with Crippen molar-refractivity contribution in [1.82, 2.24) is 15.5 Å². The Balaban J connectivity index is 1.93. The zero-order valence-corrected chi connectivity index (χ0v) is 7.00. The maximum atomic E-state index is 11.4. The SMILES string of the molecule is Nc1cc(NC(=O)C2CNC2)[nH]n1. The Morgan fingerprint density at radius 2 is 2.46 bits per heavy atom. The third-order valence-corrected chi connectivity index (χ3v) is 2.01. The minimum atomic E-state index is 0.00222. The number of anilines is 2. The number of H-pyrrole nitrogens is 1. The van der Waals surface area contributed by atoms with Crippen LogP contribution in [-0.4, -0.2) is 29.2 Å². The van der Waals surface area contributed by atoms with Gasteiger partial charge in [-0.15, -0.1) is 0 Å². The highest BCUT2D eigenvalue weighted by Crippen LogP contribution is 2.10. The van der Waals surface area contributed by atoms with Gasteiger partial charge in [0.15, 0.2) is 0 Å². The van der Waals surface area contributed by atoms with Crippen molar-refractivity contribution in [3.63, 3.8) is 0 Å². The summed E-state index contributed by atoms with van der Waals surface area (Å²) in [5, 5.41) is 12.0. The molecule has 6 nitrogen and oxygen atoms in total. The van der Waals surface area contributed by atoms with Crippen LogP contribution in [0, 0.1) is 5.92 Å². The van der Waals surface area contributed by atoms with Gasteiger partial charge in [0.25, 0.3) is 0 Å². The van der Waals surface area contributed by atoms with Gasteiger partial charge in [0.1, 0.15) is 11.6 Å². The van der Waals surface area contributed by atoms with Gasteiger partial charge in [-0.05, 0) is 0 Å². The molecule has 1 saturated heterocycles. The molecule has 5 N–H and O–H groups in total. The molecule has 0 radical (unpaired) electrons. The van der Waals surface area contributed by atoms with E-state index in [1.807, 2.05) is 0 Å². The van der Waals surface area contributed by atoms with Crippen LogP contribution >= 0.6 is 0 Å². The largest absolute Gasteiger partial charge is 0.382 e. The summed E-state index contributed by atoms with van der Waals surface area (Å²) in [7, 11) is 0. The zero-order valence-electron chi connectivity index (χ0n) is 7.00. The van der Waals surface area contributed by atoms with Crippen molar-refractivity contribution in [2.45, 2.75) is 0 Å². The summed E-state index contributed by atoms with van der Waals surface area (Å²) < 4.78 is 0. The molecule has 0 aromatic carbocycles. The second-order valence-electron chi connectivity index (χ2n) is 3.05. The average Bonchev–Trinajstić information content (AvgIpc) is 2.31. The lowest BCUT2D eigenvalue weighted by Gasteiger charge is -2.25. The summed E-state index contributed by atoms with van der Waals surface area (Å²) >= 11 is 0. The smallest absolute Gasteiger partial charge is 0.231 e. The highest BCUT2D eigenvalue weighted by Gasteiger charge is 2.24. The van der Waals surface area contributed by atoms with Crippen molar-refractivity contribution in [1.29, 1.82) is 0 Å². The van der Waals surface area contributed by atoms with Crippen LogP contribution in [-0.2, 0) is 4.79 Å². The quantitative estimate of drug-likeness (QED) is 0.478. The predicted molar refractivity (Wildman–Crippen MR) is 48.0 cm³/mol. The number of nitrogens with zero attached hydrogens (tertiary/aromatic N) is 1. The fourth-order valence-corrected chi connectivity index (χ4v) is 1.11. The molecule has 6 heteroatoms. The van der Waals surface area contributed by atoms with Gasteiger partial charge < -0.3 is 16.4 Å². The molecule has 2 rings (SSSR count). The fraction of sp³-hybridized carbons (Fsp3) is 0.429. The molecular formula is C7H11N5O. The lowest BCUT2D eigenvalue weighted by atomic mass is 10.0. The van der Waals surface area contributed by atoms with Crippen LogP contribution in [0.3, 0.4) is 0 Å². The minimum absolute atomic E-state index is 0.00222. The summed E-state index contributed by atoms with van der Waals surface area (Å²) in [5.41, 5.74) is 5.37. The Labute approximate surface area is 74.9 Å². The number of carbonyl (C=O) groups is 1. The van der Waals surface area contributed by atoms with E-state index in [1.165, 1.54) is 0 Å². The Morgan fingerprint density at radius 1 is 1.69 bits per heavy atom. The Kier molecular flexibility index (Phi) is 1.90. The van der Waals surface area contributed by atoms with Crippen molar-refractivity contribution in [2.75, 3.05) is 24.1 Å². The van der Waals surface area contributed by atoms with Gasteiger partial charge in [-0.3, -0.25) is 9.89 Å². The van der Waals surface area contributed by atoms with E-state index in [-0.39, 0.29) is 11.8 Å². The van der Waals surface area contributed by atoms with Crippen molar-refractivity contribution >= 4 is 17.5 Å². The molecule has 0 saturated carbocycles. The lowest BCUT2D eigenvalue weighted by Crippen LogP contribution is -2.48. The van der Waals surface area contributed by atoms with Gasteiger partial charge in [0.2, 0.25) is 5.91 Å². The van der Waals surface area contributed by atoms with Crippen LogP contribution in [0.4, 0.5) is 11.6 Å². The van der Waals surface area contributed by atoms with Crippen LogP contribution in [0.2, 0.25) is 0 Å². The molecule has 0 aliphatic carbocycles. The third kappa shape index (κ3) is 1.62. The molecule has 2 heterocycles. The van der Waals surface area contributed by atoms with Gasteiger partial charge in [0, 0.05) is 19.2 Å². The van der Waals surface area contributed by atoms with Gasteiger partial charge >= 0.3 is 0 Å². The zero-order chi connectivity index (χ0) is 9.26. The molecular weight excluding hydrogens is 170 g/mol. The number of rotatable bonds is 2. The summed E-state index contributed by atoms with van der Waals surface area (Å²) in [6.45, 7) is 1.49. The maximum Gasteiger partial charge on any atom is 0.231 e. The van der Waals surface area contributed by atoms with Crippen LogP contribution in [0.15, 0.2) is 6.07 Å². The van der Waals surface area contributed by atoms with E-state index in [0.29, 0.717) is 11.6 Å². The van der Waals surface area contributed by atoms with Crippen LogP contribution in [0.1, 0.15) is 0 Å². The van der Waals surface area contributed by atoms with Crippen LogP contribution in [0.25, 0.3) is 0 Å². The first-order valence-corrected chi connectivity index (χ1v) is 4.08. The van der Waals surface area contributed by atoms with Crippen LogP contribution < -0.4 is 16.4 Å². The summed E-state index contributed by atoms with van der Waals surface area (Å²) in [6, 6.07) is 1.59. The first kappa shape index (κ1) is 8.06. The highest BCUT2D eigenvalue weighted by molar-refractivity contribution is 5.92. The van der Waals surface area contributed by atoms with E-state index in [0.717, 1.165) is 13.1 Å². The molecule has 1 fully saturated rings. The first-order chi connectivity index (χ1) is 6.25. The van der Waals surface area contributed by atoms with Gasteiger partial charge in [0.05, 0.1) is 5.92 Å². The number of amides is 1. The Bertz CT molecular complexity index is 316. The van der Waals surface area contributed by atoms with E-state index < -0.39 is 0 Å². The van der Waals surface area contributed by atoms with Gasteiger partial charge in [-0.1, -0.05) is 0 Å². The van der Waals surface area contributed by atoms with Crippen molar-refractivity contribution < 1.29 is 4.79 Å². The molecule has 1 aliphatic rings.